The molecule has 2 N–H and O–H groups in total. The molecular weight excluding hydrogens is 504 g/mol. The first-order valence-electron chi connectivity index (χ1n) is 12.6. The number of aliphatic hydroxyl groups is 2. The Bertz CT molecular complexity index is 1470. The van der Waals surface area contributed by atoms with Crippen LogP contribution in [0.3, 0.4) is 0 Å². The summed E-state index contributed by atoms with van der Waals surface area (Å²) in [6.45, 7) is 3.66. The second-order valence-electron chi connectivity index (χ2n) is 9.52. The van der Waals surface area contributed by atoms with E-state index < -0.39 is 5.60 Å². The lowest BCUT2D eigenvalue weighted by atomic mass is 9.72. The summed E-state index contributed by atoms with van der Waals surface area (Å²) in [6, 6.07) is 13.7. The summed E-state index contributed by atoms with van der Waals surface area (Å²) in [5.74, 6) is 22.9. The number of benzene rings is 2. The van der Waals surface area contributed by atoms with Crippen molar-refractivity contribution in [2.24, 2.45) is 11.8 Å². The number of methoxy groups -OCH3 is 2. The fraction of sp³-hybridized carbons (Fsp3) is 0.294. The van der Waals surface area contributed by atoms with Crippen molar-refractivity contribution in [2.75, 3.05) is 20.8 Å². The Hall–Kier alpha value is -4.72. The number of aliphatic hydroxyl groups excluding tert-OH is 1. The minimum absolute atomic E-state index is 0.0955. The Balaban J connectivity index is 0.000000222. The third-order valence-electron chi connectivity index (χ3n) is 6.32. The highest BCUT2D eigenvalue weighted by Crippen LogP contribution is 2.36. The van der Waals surface area contributed by atoms with Gasteiger partial charge in [-0.15, -0.1) is 0 Å². The summed E-state index contributed by atoms with van der Waals surface area (Å²) in [5, 5.41) is 18.5. The molecule has 2 aliphatic rings. The molecule has 0 unspecified atom stereocenters. The van der Waals surface area contributed by atoms with Crippen LogP contribution in [-0.4, -0.2) is 48.6 Å². The predicted molar refractivity (Wildman–Crippen MR) is 151 cm³/mol. The second-order valence-corrected chi connectivity index (χ2v) is 9.52. The fourth-order valence-corrected chi connectivity index (χ4v) is 3.93. The molecule has 0 spiro atoms. The van der Waals surface area contributed by atoms with Crippen molar-refractivity contribution < 1.29 is 29.3 Å². The van der Waals surface area contributed by atoms with E-state index in [-0.39, 0.29) is 24.5 Å². The van der Waals surface area contributed by atoms with Crippen LogP contribution in [0.4, 0.5) is 0 Å². The molecule has 6 nitrogen and oxygen atoms in total. The van der Waals surface area contributed by atoms with Crippen molar-refractivity contribution in [3.63, 3.8) is 0 Å². The molecule has 2 aliphatic carbocycles. The van der Waals surface area contributed by atoms with E-state index in [4.69, 9.17) is 5.11 Å². The maximum absolute atomic E-state index is 11.3. The SMILES string of the molecule is C=C1CC(C#CC#Cc2ccc(C(=O)OC)cc2)C1.COC(=O)c1ccc(C#CC#CC2CC(O)(CO)C2)cc1. The second kappa shape index (κ2) is 14.4. The highest BCUT2D eigenvalue weighted by molar-refractivity contribution is 5.89. The number of rotatable bonds is 3. The molecule has 0 heterocycles. The molecular formula is C34H30O6. The number of ether oxygens (including phenoxy) is 2. The fourth-order valence-electron chi connectivity index (χ4n) is 3.93. The van der Waals surface area contributed by atoms with Crippen LogP contribution in [-0.2, 0) is 9.47 Å². The van der Waals surface area contributed by atoms with Gasteiger partial charge in [0, 0.05) is 23.0 Å². The van der Waals surface area contributed by atoms with Gasteiger partial charge in [0.1, 0.15) is 0 Å². The molecule has 2 aromatic rings. The van der Waals surface area contributed by atoms with Crippen LogP contribution in [0.5, 0.6) is 0 Å². The van der Waals surface area contributed by atoms with Crippen LogP contribution >= 0.6 is 0 Å². The topological polar surface area (TPSA) is 93.1 Å². The molecule has 2 fully saturated rings. The highest BCUT2D eigenvalue weighted by Gasteiger charge is 2.41. The number of carbonyl (C=O) groups excluding carboxylic acids is 2. The summed E-state index contributed by atoms with van der Waals surface area (Å²) in [4.78, 5) is 22.5. The smallest absolute Gasteiger partial charge is 0.337 e. The number of allylic oxidation sites excluding steroid dienone is 1. The van der Waals surface area contributed by atoms with Crippen LogP contribution in [0, 0.1) is 59.2 Å². The monoisotopic (exact) mass is 534 g/mol. The minimum Gasteiger partial charge on any atom is -0.465 e. The number of esters is 2. The van der Waals surface area contributed by atoms with E-state index in [0.29, 0.717) is 29.9 Å². The van der Waals surface area contributed by atoms with E-state index in [1.807, 2.05) is 0 Å². The zero-order chi connectivity index (χ0) is 29.0. The van der Waals surface area contributed by atoms with Crippen molar-refractivity contribution >= 4 is 11.9 Å². The van der Waals surface area contributed by atoms with Gasteiger partial charge >= 0.3 is 11.9 Å². The highest BCUT2D eigenvalue weighted by atomic mass is 16.5. The Morgan fingerprint density at radius 3 is 1.60 bits per heavy atom. The van der Waals surface area contributed by atoms with E-state index in [1.54, 1.807) is 48.5 Å². The lowest BCUT2D eigenvalue weighted by molar-refractivity contribution is -0.0926. The Kier molecular flexibility index (Phi) is 10.8. The first kappa shape index (κ1) is 29.8. The van der Waals surface area contributed by atoms with E-state index in [9.17, 15) is 14.7 Å². The van der Waals surface area contributed by atoms with Gasteiger partial charge in [0.2, 0.25) is 0 Å². The lowest BCUT2D eigenvalue weighted by Crippen LogP contribution is -2.46. The molecule has 0 saturated heterocycles. The number of carbonyl (C=O) groups is 2. The van der Waals surface area contributed by atoms with E-state index in [2.05, 4.69) is 63.4 Å². The number of hydrogen-bond acceptors (Lipinski definition) is 6. The molecule has 6 heteroatoms. The predicted octanol–water partition coefficient (Wildman–Crippen LogP) is 3.76. The van der Waals surface area contributed by atoms with Gasteiger partial charge in [-0.3, -0.25) is 0 Å². The summed E-state index contributed by atoms with van der Waals surface area (Å²) in [6.07, 6.45) is 2.99. The zero-order valence-corrected chi connectivity index (χ0v) is 22.5. The molecule has 2 aromatic carbocycles. The molecule has 2 saturated carbocycles. The average Bonchev–Trinajstić information content (AvgIpc) is 2.95. The van der Waals surface area contributed by atoms with Crippen molar-refractivity contribution in [1.29, 1.82) is 0 Å². The Labute approximate surface area is 235 Å². The Morgan fingerprint density at radius 1 is 0.800 bits per heavy atom. The van der Waals surface area contributed by atoms with Gasteiger partial charge in [0.15, 0.2) is 0 Å². The van der Waals surface area contributed by atoms with Gasteiger partial charge in [-0.2, -0.15) is 0 Å². The summed E-state index contributed by atoms with van der Waals surface area (Å²) >= 11 is 0. The van der Waals surface area contributed by atoms with Crippen molar-refractivity contribution in [1.82, 2.24) is 0 Å². The average molecular weight is 535 g/mol. The van der Waals surface area contributed by atoms with Crippen LogP contribution in [0.2, 0.25) is 0 Å². The molecule has 4 rings (SSSR count). The van der Waals surface area contributed by atoms with Gasteiger partial charge in [0.05, 0.1) is 37.6 Å². The van der Waals surface area contributed by atoms with Gasteiger partial charge < -0.3 is 19.7 Å². The summed E-state index contributed by atoms with van der Waals surface area (Å²) in [5.41, 5.74) is 2.92. The standard InChI is InChI=1S/C17H16O4.C17H14O2/c1-21-16(19)15-8-6-13(7-9-15)4-2-3-5-14-10-17(20,11-14)12-18;1-13-11-15(12-13)6-4-3-5-14-7-9-16(10-8-14)17(18)19-2/h6-9,14,18,20H,10-12H2,1H3;7-10,15H,1,11-12H2,2H3. The zero-order valence-electron chi connectivity index (χ0n) is 22.5. The van der Waals surface area contributed by atoms with E-state index in [1.165, 1.54) is 19.8 Å². The third-order valence-corrected chi connectivity index (χ3v) is 6.32. The quantitative estimate of drug-likeness (QED) is 0.354. The van der Waals surface area contributed by atoms with Crippen LogP contribution in [0.15, 0.2) is 60.7 Å². The van der Waals surface area contributed by atoms with Crippen LogP contribution in [0.25, 0.3) is 0 Å². The van der Waals surface area contributed by atoms with Crippen molar-refractivity contribution in [3.05, 3.63) is 82.9 Å². The molecule has 202 valence electrons. The molecule has 0 radical (unpaired) electrons. The molecule has 40 heavy (non-hydrogen) atoms. The molecule has 0 bridgehead atoms. The van der Waals surface area contributed by atoms with Gasteiger partial charge in [-0.05, 0) is 97.9 Å². The maximum Gasteiger partial charge on any atom is 0.337 e. The molecule has 0 amide bonds. The first-order chi connectivity index (χ1) is 19.2. The summed E-state index contributed by atoms with van der Waals surface area (Å²) < 4.78 is 9.23. The Morgan fingerprint density at radius 2 is 1.23 bits per heavy atom. The normalized spacial score (nSPS) is 18.4. The van der Waals surface area contributed by atoms with Crippen LogP contribution in [0.1, 0.15) is 57.5 Å². The van der Waals surface area contributed by atoms with Gasteiger partial charge in [-0.1, -0.05) is 35.8 Å². The van der Waals surface area contributed by atoms with Crippen molar-refractivity contribution in [3.8, 4) is 47.4 Å². The first-order valence-corrected chi connectivity index (χ1v) is 12.6. The summed E-state index contributed by atoms with van der Waals surface area (Å²) in [7, 11) is 2.70. The van der Waals surface area contributed by atoms with Crippen LogP contribution < -0.4 is 0 Å². The van der Waals surface area contributed by atoms with E-state index >= 15 is 0 Å². The van der Waals surface area contributed by atoms with Gasteiger partial charge in [-0.25, -0.2) is 9.59 Å². The minimum atomic E-state index is -0.948. The third kappa shape index (κ3) is 8.94. The van der Waals surface area contributed by atoms with Gasteiger partial charge in [0.25, 0.3) is 0 Å². The molecule has 0 aromatic heterocycles. The maximum atomic E-state index is 11.3. The molecule has 0 atom stereocenters. The van der Waals surface area contributed by atoms with Crippen molar-refractivity contribution in [2.45, 2.75) is 31.3 Å². The lowest BCUT2D eigenvalue weighted by Gasteiger charge is -2.39. The largest absolute Gasteiger partial charge is 0.465 e. The number of hydrogen-bond donors (Lipinski definition) is 2. The van der Waals surface area contributed by atoms with E-state index in [0.717, 1.165) is 24.0 Å². The molecule has 0 aliphatic heterocycles.